The average molecular weight is 393 g/mol. The molecule has 1 fully saturated rings. The van der Waals surface area contributed by atoms with Gasteiger partial charge in [0.15, 0.2) is 0 Å². The molecule has 1 aromatic heterocycles. The van der Waals surface area contributed by atoms with Gasteiger partial charge in [-0.3, -0.25) is 0 Å². The van der Waals surface area contributed by atoms with Gasteiger partial charge in [0.05, 0.1) is 11.2 Å². The van der Waals surface area contributed by atoms with Crippen molar-refractivity contribution in [2.45, 2.75) is 45.3 Å². The molecule has 2 heterocycles. The van der Waals surface area contributed by atoms with Gasteiger partial charge in [0, 0.05) is 36.4 Å². The first-order valence-corrected chi connectivity index (χ1v) is 10.2. The van der Waals surface area contributed by atoms with Crippen molar-refractivity contribution in [2.24, 2.45) is 0 Å². The standard InChI is InChI=1S/C23H28N4O2/c1-23(2,3)29-22(28)26-14-12-19(13-15-26)24-18-8-10-20(11-9-18)27-16-17-6-4-5-7-21(17)25-27/h4-11,16,19,24H,12-15H2,1-3H3. The number of nitrogens with one attached hydrogen (secondary N) is 1. The van der Waals surface area contributed by atoms with E-state index in [1.807, 2.05) is 49.8 Å². The lowest BCUT2D eigenvalue weighted by atomic mass is 10.0. The third-order valence-electron chi connectivity index (χ3n) is 5.06. The highest BCUT2D eigenvalue weighted by atomic mass is 16.6. The molecule has 1 aliphatic heterocycles. The Kier molecular flexibility index (Phi) is 5.18. The van der Waals surface area contributed by atoms with E-state index in [9.17, 15) is 4.79 Å². The highest BCUT2D eigenvalue weighted by Crippen LogP contribution is 2.21. The van der Waals surface area contributed by atoms with Gasteiger partial charge in [-0.15, -0.1) is 0 Å². The molecule has 1 N–H and O–H groups in total. The fourth-order valence-corrected chi connectivity index (χ4v) is 3.58. The minimum Gasteiger partial charge on any atom is -0.444 e. The monoisotopic (exact) mass is 392 g/mol. The van der Waals surface area contributed by atoms with E-state index in [-0.39, 0.29) is 6.09 Å². The van der Waals surface area contributed by atoms with Gasteiger partial charge in [-0.2, -0.15) is 5.10 Å². The zero-order chi connectivity index (χ0) is 20.4. The second-order valence-corrected chi connectivity index (χ2v) is 8.57. The molecular formula is C23H28N4O2. The molecular weight excluding hydrogens is 364 g/mol. The van der Waals surface area contributed by atoms with Crippen molar-refractivity contribution in [3.63, 3.8) is 0 Å². The normalized spacial score (nSPS) is 15.5. The molecule has 4 rings (SSSR count). The Labute approximate surface area is 171 Å². The Balaban J connectivity index is 1.33. The molecule has 0 aliphatic carbocycles. The number of fused-ring (bicyclic) bond motifs is 1. The number of benzene rings is 2. The van der Waals surface area contributed by atoms with Gasteiger partial charge in [0.1, 0.15) is 5.60 Å². The van der Waals surface area contributed by atoms with Gasteiger partial charge >= 0.3 is 6.09 Å². The van der Waals surface area contributed by atoms with Crippen LogP contribution >= 0.6 is 0 Å². The molecule has 2 aromatic carbocycles. The zero-order valence-corrected chi connectivity index (χ0v) is 17.3. The van der Waals surface area contributed by atoms with E-state index >= 15 is 0 Å². The first kappa shape index (κ1) is 19.3. The maximum atomic E-state index is 12.2. The number of carbonyl (C=O) groups is 1. The average Bonchev–Trinajstić information content (AvgIpc) is 3.12. The van der Waals surface area contributed by atoms with E-state index in [0.717, 1.165) is 35.1 Å². The number of anilines is 1. The Morgan fingerprint density at radius 2 is 1.76 bits per heavy atom. The van der Waals surface area contributed by atoms with Crippen LogP contribution in [0.2, 0.25) is 0 Å². The summed E-state index contributed by atoms with van der Waals surface area (Å²) in [6.45, 7) is 7.12. The number of nitrogens with zero attached hydrogens (tertiary/aromatic N) is 3. The molecule has 29 heavy (non-hydrogen) atoms. The van der Waals surface area contributed by atoms with Crippen molar-refractivity contribution in [1.82, 2.24) is 14.7 Å². The summed E-state index contributed by atoms with van der Waals surface area (Å²) >= 11 is 0. The van der Waals surface area contributed by atoms with Crippen molar-refractivity contribution in [3.05, 3.63) is 54.7 Å². The first-order chi connectivity index (χ1) is 13.9. The summed E-state index contributed by atoms with van der Waals surface area (Å²) < 4.78 is 7.38. The summed E-state index contributed by atoms with van der Waals surface area (Å²) in [5.41, 5.74) is 2.66. The Morgan fingerprint density at radius 1 is 1.07 bits per heavy atom. The van der Waals surface area contributed by atoms with Crippen LogP contribution in [0.15, 0.2) is 54.7 Å². The number of likely N-dealkylation sites (tertiary alicyclic amines) is 1. The molecule has 6 heteroatoms. The third kappa shape index (κ3) is 4.70. The van der Waals surface area contributed by atoms with Crippen LogP contribution in [0.4, 0.5) is 10.5 Å². The number of amides is 1. The lowest BCUT2D eigenvalue weighted by Gasteiger charge is -2.34. The van der Waals surface area contributed by atoms with Crippen molar-refractivity contribution in [1.29, 1.82) is 0 Å². The molecule has 1 amide bonds. The molecule has 1 aliphatic rings. The second kappa shape index (κ2) is 7.78. The van der Waals surface area contributed by atoms with Crippen LogP contribution in [0, 0.1) is 0 Å². The summed E-state index contributed by atoms with van der Waals surface area (Å²) in [5, 5.41) is 9.34. The number of aromatic nitrogens is 2. The number of hydrogen-bond acceptors (Lipinski definition) is 4. The molecule has 0 radical (unpaired) electrons. The van der Waals surface area contributed by atoms with Crippen LogP contribution < -0.4 is 5.32 Å². The van der Waals surface area contributed by atoms with Gasteiger partial charge in [0.25, 0.3) is 0 Å². The fraction of sp³-hybridized carbons (Fsp3) is 0.391. The van der Waals surface area contributed by atoms with Gasteiger partial charge in [-0.05, 0) is 63.9 Å². The fourth-order valence-electron chi connectivity index (χ4n) is 3.58. The number of ether oxygens (including phenoxy) is 1. The van der Waals surface area contributed by atoms with Gasteiger partial charge in [-0.1, -0.05) is 18.2 Å². The van der Waals surface area contributed by atoms with E-state index in [0.29, 0.717) is 19.1 Å². The smallest absolute Gasteiger partial charge is 0.410 e. The van der Waals surface area contributed by atoms with E-state index in [4.69, 9.17) is 4.74 Å². The lowest BCUT2D eigenvalue weighted by Crippen LogP contribution is -2.44. The SMILES string of the molecule is CC(C)(C)OC(=O)N1CCC(Nc2ccc(-n3cc4ccccc4n3)cc2)CC1. The summed E-state index contributed by atoms with van der Waals surface area (Å²) in [4.78, 5) is 14.0. The predicted molar refractivity (Wildman–Crippen MR) is 116 cm³/mol. The van der Waals surface area contributed by atoms with Crippen molar-refractivity contribution in [2.75, 3.05) is 18.4 Å². The summed E-state index contributed by atoms with van der Waals surface area (Å²) in [6, 6.07) is 16.8. The number of carbonyl (C=O) groups excluding carboxylic acids is 1. The van der Waals surface area contributed by atoms with Crippen molar-refractivity contribution >= 4 is 22.7 Å². The molecule has 6 nitrogen and oxygen atoms in total. The van der Waals surface area contributed by atoms with Crippen LogP contribution in [-0.2, 0) is 4.74 Å². The Bertz CT molecular complexity index is 947. The first-order valence-electron chi connectivity index (χ1n) is 10.2. The molecule has 1 saturated heterocycles. The van der Waals surface area contributed by atoms with Crippen LogP contribution in [0.3, 0.4) is 0 Å². The summed E-state index contributed by atoms with van der Waals surface area (Å²) in [6.07, 6.45) is 3.65. The topological polar surface area (TPSA) is 59.4 Å². The quantitative estimate of drug-likeness (QED) is 0.693. The van der Waals surface area contributed by atoms with E-state index < -0.39 is 5.60 Å². The molecule has 0 spiro atoms. The molecule has 0 atom stereocenters. The minimum atomic E-state index is -0.450. The molecule has 0 unspecified atom stereocenters. The molecule has 3 aromatic rings. The Hall–Kier alpha value is -3.02. The minimum absolute atomic E-state index is 0.216. The second-order valence-electron chi connectivity index (χ2n) is 8.57. The highest BCUT2D eigenvalue weighted by molar-refractivity contribution is 5.78. The number of rotatable bonds is 3. The van der Waals surface area contributed by atoms with Gasteiger partial charge in [-0.25, -0.2) is 9.48 Å². The number of hydrogen-bond donors (Lipinski definition) is 1. The van der Waals surface area contributed by atoms with Crippen LogP contribution in [0.1, 0.15) is 33.6 Å². The zero-order valence-electron chi connectivity index (χ0n) is 17.3. The maximum Gasteiger partial charge on any atom is 0.410 e. The largest absolute Gasteiger partial charge is 0.444 e. The number of piperidine rings is 1. The molecule has 0 saturated carbocycles. The van der Waals surface area contributed by atoms with Crippen molar-refractivity contribution in [3.8, 4) is 5.69 Å². The van der Waals surface area contributed by atoms with Crippen LogP contribution in [-0.4, -0.2) is 45.5 Å². The maximum absolute atomic E-state index is 12.2. The summed E-state index contributed by atoms with van der Waals surface area (Å²) in [5.74, 6) is 0. The summed E-state index contributed by atoms with van der Waals surface area (Å²) in [7, 11) is 0. The highest BCUT2D eigenvalue weighted by Gasteiger charge is 2.26. The van der Waals surface area contributed by atoms with E-state index in [2.05, 4.69) is 40.7 Å². The third-order valence-corrected chi connectivity index (χ3v) is 5.06. The van der Waals surface area contributed by atoms with Crippen LogP contribution in [0.25, 0.3) is 16.6 Å². The van der Waals surface area contributed by atoms with Crippen LogP contribution in [0.5, 0.6) is 0 Å². The molecule has 152 valence electrons. The van der Waals surface area contributed by atoms with E-state index in [1.165, 1.54) is 0 Å². The lowest BCUT2D eigenvalue weighted by molar-refractivity contribution is 0.0210. The van der Waals surface area contributed by atoms with E-state index in [1.54, 1.807) is 4.90 Å². The van der Waals surface area contributed by atoms with Gasteiger partial charge in [0.2, 0.25) is 0 Å². The Morgan fingerprint density at radius 3 is 2.41 bits per heavy atom. The van der Waals surface area contributed by atoms with Gasteiger partial charge < -0.3 is 15.0 Å². The predicted octanol–water partition coefficient (Wildman–Crippen LogP) is 4.84. The molecule has 0 bridgehead atoms. The van der Waals surface area contributed by atoms with Crippen molar-refractivity contribution < 1.29 is 9.53 Å².